The Kier molecular flexibility index (Phi) is 5.94. The molecule has 0 saturated heterocycles. The van der Waals surface area contributed by atoms with Crippen LogP contribution in [0.25, 0.3) is 0 Å². The molecule has 28 heavy (non-hydrogen) atoms. The highest BCUT2D eigenvalue weighted by atomic mass is 16.4. The van der Waals surface area contributed by atoms with Gasteiger partial charge in [0.2, 0.25) is 5.91 Å². The van der Waals surface area contributed by atoms with Crippen molar-refractivity contribution in [1.29, 1.82) is 0 Å². The van der Waals surface area contributed by atoms with E-state index in [2.05, 4.69) is 6.08 Å². The molecule has 1 amide bonds. The number of unbranched alkanes of at least 4 members (excludes halogenated alkanes) is 1. The summed E-state index contributed by atoms with van der Waals surface area (Å²) in [7, 11) is 0. The van der Waals surface area contributed by atoms with Gasteiger partial charge in [-0.1, -0.05) is 42.5 Å². The number of nitrogens with two attached hydrogens (primary N) is 1. The average Bonchev–Trinajstić information content (AvgIpc) is 3.21. The van der Waals surface area contributed by atoms with E-state index in [9.17, 15) is 14.7 Å². The number of hydrogen-bond acceptors (Lipinski definition) is 3. The fraction of sp³-hybridized carbons (Fsp3) is 0.565. The van der Waals surface area contributed by atoms with Crippen LogP contribution in [0, 0.1) is 23.2 Å². The zero-order valence-electron chi connectivity index (χ0n) is 16.5. The number of amides is 1. The van der Waals surface area contributed by atoms with E-state index < -0.39 is 17.0 Å². The lowest BCUT2D eigenvalue weighted by molar-refractivity contribution is -0.137. The summed E-state index contributed by atoms with van der Waals surface area (Å²) in [4.78, 5) is 23.1. The first kappa shape index (κ1) is 20.6. The summed E-state index contributed by atoms with van der Waals surface area (Å²) in [5.74, 6) is -0.456. The number of allylic oxidation sites excluding steroid dienone is 2. The lowest BCUT2D eigenvalue weighted by atomic mass is 9.66. The second-order valence-electron chi connectivity index (χ2n) is 8.77. The first-order valence-corrected chi connectivity index (χ1v) is 10.2. The molecule has 0 radical (unpaired) electrons. The second-order valence-corrected chi connectivity index (χ2v) is 8.77. The first-order chi connectivity index (χ1) is 13.3. The highest BCUT2D eigenvalue weighted by Gasteiger charge is 2.60. The van der Waals surface area contributed by atoms with Crippen LogP contribution in [0.15, 0.2) is 42.5 Å². The molecule has 1 aromatic carbocycles. The minimum absolute atomic E-state index is 0.00349. The van der Waals surface area contributed by atoms with Crippen LogP contribution in [0.2, 0.25) is 0 Å². The summed E-state index contributed by atoms with van der Waals surface area (Å²) in [5.41, 5.74) is 5.25. The van der Waals surface area contributed by atoms with Crippen molar-refractivity contribution in [3.8, 4) is 0 Å². The van der Waals surface area contributed by atoms with Crippen molar-refractivity contribution < 1.29 is 19.8 Å². The molecule has 2 saturated carbocycles. The SMILES string of the molecule is CC(O)(CC1C2CCC(C(N)=O)(C2)C1C=CCCCC(=O)O)c1ccccc1. The number of primary amides is 1. The number of carbonyl (C=O) groups excluding carboxylic acids is 1. The van der Waals surface area contributed by atoms with Crippen LogP contribution in [0.1, 0.15) is 57.4 Å². The normalized spacial score (nSPS) is 31.1. The van der Waals surface area contributed by atoms with Gasteiger partial charge in [0.25, 0.3) is 0 Å². The van der Waals surface area contributed by atoms with Crippen LogP contribution in [0.3, 0.4) is 0 Å². The van der Waals surface area contributed by atoms with E-state index >= 15 is 0 Å². The molecule has 5 heteroatoms. The fourth-order valence-electron chi connectivity index (χ4n) is 5.48. The van der Waals surface area contributed by atoms with Crippen LogP contribution < -0.4 is 5.73 Å². The van der Waals surface area contributed by atoms with Gasteiger partial charge in [-0.15, -0.1) is 0 Å². The summed E-state index contributed by atoms with van der Waals surface area (Å²) in [6.07, 6.45) is 8.64. The quantitative estimate of drug-likeness (QED) is 0.446. The van der Waals surface area contributed by atoms with E-state index in [0.29, 0.717) is 25.2 Å². The maximum Gasteiger partial charge on any atom is 0.303 e. The van der Waals surface area contributed by atoms with Gasteiger partial charge >= 0.3 is 5.97 Å². The number of fused-ring (bicyclic) bond motifs is 2. The molecule has 1 aromatic rings. The molecule has 2 fully saturated rings. The molecular formula is C23H31NO4. The van der Waals surface area contributed by atoms with Gasteiger partial charge in [0.05, 0.1) is 11.0 Å². The first-order valence-electron chi connectivity index (χ1n) is 10.2. The Morgan fingerprint density at radius 2 is 2.04 bits per heavy atom. The Hall–Kier alpha value is -2.14. The molecule has 5 unspecified atom stereocenters. The molecule has 5 atom stereocenters. The Morgan fingerprint density at radius 1 is 1.32 bits per heavy atom. The van der Waals surface area contributed by atoms with Crippen molar-refractivity contribution in [2.24, 2.45) is 28.9 Å². The van der Waals surface area contributed by atoms with Gasteiger partial charge in [-0.25, -0.2) is 0 Å². The van der Waals surface area contributed by atoms with Crippen molar-refractivity contribution >= 4 is 11.9 Å². The van der Waals surface area contributed by atoms with Gasteiger partial charge < -0.3 is 15.9 Å². The number of rotatable bonds is 9. The van der Waals surface area contributed by atoms with E-state index in [4.69, 9.17) is 10.8 Å². The zero-order chi connectivity index (χ0) is 20.4. The van der Waals surface area contributed by atoms with Crippen LogP contribution in [-0.4, -0.2) is 22.1 Å². The predicted octanol–water partition coefficient (Wildman–Crippen LogP) is 3.61. The number of carbonyl (C=O) groups is 2. The van der Waals surface area contributed by atoms with Crippen LogP contribution in [-0.2, 0) is 15.2 Å². The summed E-state index contributed by atoms with van der Waals surface area (Å²) in [6.45, 7) is 1.85. The van der Waals surface area contributed by atoms with Crippen LogP contribution >= 0.6 is 0 Å². The van der Waals surface area contributed by atoms with Crippen molar-refractivity contribution in [2.75, 3.05) is 0 Å². The fourth-order valence-corrected chi connectivity index (χ4v) is 5.48. The molecule has 3 rings (SSSR count). The Balaban J connectivity index is 1.79. The van der Waals surface area contributed by atoms with Gasteiger partial charge in [0, 0.05) is 6.42 Å². The van der Waals surface area contributed by atoms with E-state index in [-0.39, 0.29) is 24.2 Å². The topological polar surface area (TPSA) is 101 Å². The van der Waals surface area contributed by atoms with Crippen LogP contribution in [0.5, 0.6) is 0 Å². The number of aliphatic hydroxyl groups is 1. The molecule has 152 valence electrons. The highest BCUT2D eigenvalue weighted by molar-refractivity contribution is 5.82. The van der Waals surface area contributed by atoms with Crippen molar-refractivity contribution in [2.45, 2.75) is 57.5 Å². The Labute approximate surface area is 166 Å². The van der Waals surface area contributed by atoms with E-state index in [0.717, 1.165) is 24.8 Å². The lowest BCUT2D eigenvalue weighted by Crippen LogP contribution is -2.42. The monoisotopic (exact) mass is 385 g/mol. The van der Waals surface area contributed by atoms with Crippen molar-refractivity contribution in [1.82, 2.24) is 0 Å². The molecular weight excluding hydrogens is 354 g/mol. The smallest absolute Gasteiger partial charge is 0.303 e. The van der Waals surface area contributed by atoms with Crippen molar-refractivity contribution in [3.05, 3.63) is 48.0 Å². The number of benzene rings is 1. The summed E-state index contributed by atoms with van der Waals surface area (Å²) < 4.78 is 0. The second kappa shape index (κ2) is 8.08. The Bertz CT molecular complexity index is 742. The summed E-state index contributed by atoms with van der Waals surface area (Å²) in [5, 5.41) is 20.0. The zero-order valence-corrected chi connectivity index (χ0v) is 16.5. The maximum atomic E-state index is 12.4. The molecule has 2 bridgehead atoms. The third-order valence-corrected chi connectivity index (χ3v) is 6.92. The molecule has 5 nitrogen and oxygen atoms in total. The minimum Gasteiger partial charge on any atom is -0.481 e. The van der Waals surface area contributed by atoms with Gasteiger partial charge in [-0.3, -0.25) is 9.59 Å². The molecule has 0 aromatic heterocycles. The third-order valence-electron chi connectivity index (χ3n) is 6.92. The number of carboxylic acid groups (broad SMARTS) is 1. The number of hydrogen-bond donors (Lipinski definition) is 3. The van der Waals surface area contributed by atoms with Crippen molar-refractivity contribution in [3.63, 3.8) is 0 Å². The molecule has 0 spiro atoms. The van der Waals surface area contributed by atoms with E-state index in [1.54, 1.807) is 0 Å². The predicted molar refractivity (Wildman–Crippen MR) is 107 cm³/mol. The molecule has 2 aliphatic carbocycles. The van der Waals surface area contributed by atoms with Crippen LogP contribution in [0.4, 0.5) is 0 Å². The van der Waals surface area contributed by atoms with Gasteiger partial charge in [0.15, 0.2) is 0 Å². The Morgan fingerprint density at radius 3 is 2.68 bits per heavy atom. The maximum absolute atomic E-state index is 12.4. The van der Waals surface area contributed by atoms with E-state index in [1.807, 2.05) is 43.3 Å². The number of aliphatic carboxylic acids is 1. The summed E-state index contributed by atoms with van der Waals surface area (Å²) in [6, 6.07) is 9.66. The standard InChI is InChI=1S/C23H31NO4/c1-22(28,17-8-4-2-5-9-17)15-18-16-12-13-23(14-16,21(24)27)19(18)10-6-3-7-11-20(25)26/h2,4-6,8-10,16,18-19,28H,3,7,11-15H2,1H3,(H2,24,27)(H,25,26). The minimum atomic E-state index is -0.968. The molecule has 0 aliphatic heterocycles. The van der Waals surface area contributed by atoms with Gasteiger partial charge in [-0.05, 0) is 68.8 Å². The van der Waals surface area contributed by atoms with Gasteiger partial charge in [-0.2, -0.15) is 0 Å². The highest BCUT2D eigenvalue weighted by Crippen LogP contribution is 2.63. The van der Waals surface area contributed by atoms with Gasteiger partial charge in [0.1, 0.15) is 0 Å². The van der Waals surface area contributed by atoms with E-state index in [1.165, 1.54) is 0 Å². The average molecular weight is 386 g/mol. The summed E-state index contributed by atoms with van der Waals surface area (Å²) >= 11 is 0. The molecule has 2 aliphatic rings. The molecule has 4 N–H and O–H groups in total. The largest absolute Gasteiger partial charge is 0.481 e. The third kappa shape index (κ3) is 4.00. The lowest BCUT2D eigenvalue weighted by Gasteiger charge is -2.39. The molecule has 0 heterocycles. The number of carboxylic acids is 1.